The van der Waals surface area contributed by atoms with E-state index in [9.17, 15) is 9.59 Å². The van der Waals surface area contributed by atoms with Gasteiger partial charge in [-0.2, -0.15) is 0 Å². The molecule has 154 valence electrons. The number of hydrogen-bond donors (Lipinski definition) is 0. The van der Waals surface area contributed by atoms with Crippen molar-refractivity contribution in [3.8, 4) is 11.5 Å². The van der Waals surface area contributed by atoms with E-state index in [1.807, 2.05) is 36.2 Å². The lowest BCUT2D eigenvalue weighted by atomic mass is 9.83. The molecule has 30 heavy (non-hydrogen) atoms. The maximum atomic E-state index is 12.5. The summed E-state index contributed by atoms with van der Waals surface area (Å²) in [7, 11) is 1.94. The van der Waals surface area contributed by atoms with Crippen LogP contribution in [-0.2, 0) is 19.7 Å². The van der Waals surface area contributed by atoms with Gasteiger partial charge in [-0.3, -0.25) is 4.79 Å². The van der Waals surface area contributed by atoms with E-state index in [0.29, 0.717) is 11.5 Å². The molecule has 0 atom stereocenters. The highest BCUT2D eigenvalue weighted by molar-refractivity contribution is 5.96. The molecule has 0 radical (unpaired) electrons. The van der Waals surface area contributed by atoms with Crippen molar-refractivity contribution in [1.29, 1.82) is 0 Å². The molecule has 6 heteroatoms. The molecule has 0 unspecified atom stereocenters. The lowest BCUT2D eigenvalue weighted by Gasteiger charge is -2.23. The van der Waals surface area contributed by atoms with E-state index in [-0.39, 0.29) is 24.6 Å². The Morgan fingerprint density at radius 3 is 2.70 bits per heavy atom. The molecule has 2 heterocycles. The van der Waals surface area contributed by atoms with Crippen LogP contribution < -0.4 is 14.4 Å². The number of nitrogens with zero attached hydrogens (tertiary/aromatic N) is 1. The fourth-order valence-electron chi connectivity index (χ4n) is 3.82. The Labute approximate surface area is 175 Å². The Hall–Kier alpha value is -3.54. The van der Waals surface area contributed by atoms with Crippen molar-refractivity contribution in [2.75, 3.05) is 25.3 Å². The van der Waals surface area contributed by atoms with Gasteiger partial charge in [0, 0.05) is 36.0 Å². The second-order valence-corrected chi connectivity index (χ2v) is 7.75. The Bertz CT molecular complexity index is 1070. The van der Waals surface area contributed by atoms with Gasteiger partial charge in [-0.1, -0.05) is 38.1 Å². The van der Waals surface area contributed by atoms with Gasteiger partial charge in [0.15, 0.2) is 23.9 Å². The van der Waals surface area contributed by atoms with E-state index in [1.54, 1.807) is 24.3 Å². The van der Waals surface area contributed by atoms with Gasteiger partial charge in [0.1, 0.15) is 0 Å². The van der Waals surface area contributed by atoms with Crippen LogP contribution in [0, 0.1) is 0 Å². The minimum absolute atomic E-state index is 0.194. The third-order valence-corrected chi connectivity index (χ3v) is 5.40. The Morgan fingerprint density at radius 1 is 1.13 bits per heavy atom. The fraction of sp³-hybridized carbons (Fsp3) is 0.250. The van der Waals surface area contributed by atoms with Crippen molar-refractivity contribution in [2.24, 2.45) is 0 Å². The molecule has 2 aromatic rings. The van der Waals surface area contributed by atoms with Crippen LogP contribution in [0.15, 0.2) is 60.3 Å². The number of anilines is 1. The Kier molecular flexibility index (Phi) is 5.08. The highest BCUT2D eigenvalue weighted by atomic mass is 16.7. The average molecular weight is 405 g/mol. The highest BCUT2D eigenvalue weighted by Crippen LogP contribution is 2.46. The van der Waals surface area contributed by atoms with Crippen molar-refractivity contribution >= 4 is 23.5 Å². The van der Waals surface area contributed by atoms with E-state index in [2.05, 4.69) is 19.9 Å². The molecule has 0 fully saturated rings. The molecule has 0 N–H and O–H groups in total. The number of hydrogen-bond acceptors (Lipinski definition) is 6. The van der Waals surface area contributed by atoms with Crippen LogP contribution in [0.4, 0.5) is 5.69 Å². The Morgan fingerprint density at radius 2 is 1.90 bits per heavy atom. The summed E-state index contributed by atoms with van der Waals surface area (Å²) < 4.78 is 15.7. The monoisotopic (exact) mass is 405 g/mol. The maximum Gasteiger partial charge on any atom is 0.331 e. The first kappa shape index (κ1) is 19.8. The first-order chi connectivity index (χ1) is 14.4. The van der Waals surface area contributed by atoms with E-state index in [4.69, 9.17) is 14.2 Å². The van der Waals surface area contributed by atoms with Crippen LogP contribution in [-0.4, -0.2) is 32.2 Å². The summed E-state index contributed by atoms with van der Waals surface area (Å²) in [5, 5.41) is 0. The second-order valence-electron chi connectivity index (χ2n) is 7.75. The van der Waals surface area contributed by atoms with Crippen molar-refractivity contribution in [3.05, 3.63) is 71.4 Å². The minimum Gasteiger partial charge on any atom is -0.454 e. The summed E-state index contributed by atoms with van der Waals surface area (Å²) in [5.74, 6) is 0.469. The molecule has 2 aromatic carbocycles. The smallest absolute Gasteiger partial charge is 0.331 e. The predicted molar refractivity (Wildman–Crippen MR) is 114 cm³/mol. The second kappa shape index (κ2) is 7.71. The number of allylic oxidation sites excluding steroid dienone is 1. The summed E-state index contributed by atoms with van der Waals surface area (Å²) in [6, 6.07) is 13.4. The van der Waals surface area contributed by atoms with Gasteiger partial charge < -0.3 is 19.1 Å². The van der Waals surface area contributed by atoms with Crippen LogP contribution in [0.5, 0.6) is 11.5 Å². The molecule has 2 aliphatic rings. The van der Waals surface area contributed by atoms with Crippen LogP contribution in [0.2, 0.25) is 0 Å². The largest absolute Gasteiger partial charge is 0.454 e. The van der Waals surface area contributed by atoms with E-state index in [0.717, 1.165) is 22.5 Å². The summed E-state index contributed by atoms with van der Waals surface area (Å²) in [4.78, 5) is 26.5. The van der Waals surface area contributed by atoms with Crippen molar-refractivity contribution in [1.82, 2.24) is 0 Å². The van der Waals surface area contributed by atoms with Crippen LogP contribution in [0.1, 0.15) is 25.0 Å². The number of rotatable bonds is 5. The summed E-state index contributed by atoms with van der Waals surface area (Å²) in [6.45, 7) is 4.04. The van der Waals surface area contributed by atoms with Gasteiger partial charge in [0.2, 0.25) is 6.79 Å². The molecule has 0 spiro atoms. The minimum atomic E-state index is -0.582. The van der Waals surface area contributed by atoms with E-state index >= 15 is 0 Å². The number of benzene rings is 2. The first-order valence-electron chi connectivity index (χ1n) is 9.69. The number of para-hydroxylation sites is 1. The van der Waals surface area contributed by atoms with Gasteiger partial charge >= 0.3 is 5.97 Å². The molecular formula is C24H23NO5. The molecule has 0 amide bonds. The predicted octanol–water partition coefficient (Wildman–Crippen LogP) is 3.85. The summed E-state index contributed by atoms with van der Waals surface area (Å²) >= 11 is 0. The number of ketones is 1. The first-order valence-corrected chi connectivity index (χ1v) is 9.69. The number of ether oxygens (including phenoxy) is 3. The number of esters is 1. The van der Waals surface area contributed by atoms with E-state index < -0.39 is 5.97 Å². The zero-order valence-electron chi connectivity index (χ0n) is 17.2. The molecule has 0 aliphatic carbocycles. The zero-order chi connectivity index (χ0) is 21.3. The molecule has 2 aliphatic heterocycles. The third kappa shape index (κ3) is 3.68. The average Bonchev–Trinajstić information content (AvgIpc) is 3.28. The molecule has 0 saturated carbocycles. The van der Waals surface area contributed by atoms with Crippen molar-refractivity contribution < 1.29 is 23.8 Å². The standard InChI is InChI=1S/C24H23NO5/c1-24(2)18-6-4-5-7-19(18)25(3)22(24)13-17(26)14-28-23(27)11-9-16-8-10-20-21(12-16)30-15-29-20/h4-13H,14-15H2,1-3H3/b11-9+,22-13-. The maximum absolute atomic E-state index is 12.5. The molecule has 6 nitrogen and oxygen atoms in total. The highest BCUT2D eigenvalue weighted by Gasteiger charge is 2.38. The van der Waals surface area contributed by atoms with Crippen LogP contribution >= 0.6 is 0 Å². The molecule has 0 saturated heterocycles. The van der Waals surface area contributed by atoms with Crippen LogP contribution in [0.3, 0.4) is 0 Å². The zero-order valence-corrected chi connectivity index (χ0v) is 17.2. The third-order valence-electron chi connectivity index (χ3n) is 5.40. The number of carbonyl (C=O) groups is 2. The molecule has 0 bridgehead atoms. The normalized spacial score (nSPS) is 17.4. The van der Waals surface area contributed by atoms with Gasteiger partial charge in [-0.25, -0.2) is 4.79 Å². The van der Waals surface area contributed by atoms with Crippen molar-refractivity contribution in [2.45, 2.75) is 19.3 Å². The summed E-state index contributed by atoms with van der Waals surface area (Å²) in [6.07, 6.45) is 4.46. The van der Waals surface area contributed by atoms with E-state index in [1.165, 1.54) is 6.08 Å². The molecule has 0 aromatic heterocycles. The number of likely N-dealkylation sites (N-methyl/N-ethyl adjacent to an activating group) is 1. The molecule has 4 rings (SSSR count). The van der Waals surface area contributed by atoms with Gasteiger partial charge in [0.25, 0.3) is 0 Å². The SMILES string of the molecule is CN1/C(=C\C(=O)COC(=O)/C=C/c2ccc3c(c2)OCO3)C(C)(C)c2ccccc21. The lowest BCUT2D eigenvalue weighted by molar-refractivity contribution is -0.141. The Balaban J connectivity index is 1.37. The quantitative estimate of drug-likeness (QED) is 0.556. The fourth-order valence-corrected chi connectivity index (χ4v) is 3.82. The van der Waals surface area contributed by atoms with Gasteiger partial charge in [-0.15, -0.1) is 0 Å². The summed E-state index contributed by atoms with van der Waals surface area (Å²) in [5.41, 5.74) is 3.59. The van der Waals surface area contributed by atoms with Gasteiger partial charge in [0.05, 0.1) is 0 Å². The topological polar surface area (TPSA) is 65.1 Å². The molecular weight excluding hydrogens is 382 g/mol. The number of carbonyl (C=O) groups excluding carboxylic acids is 2. The number of fused-ring (bicyclic) bond motifs is 2. The van der Waals surface area contributed by atoms with Gasteiger partial charge in [-0.05, 0) is 35.4 Å². The van der Waals surface area contributed by atoms with Crippen molar-refractivity contribution in [3.63, 3.8) is 0 Å². The lowest BCUT2D eigenvalue weighted by Crippen LogP contribution is -2.25. The van der Waals surface area contributed by atoms with Crippen LogP contribution in [0.25, 0.3) is 6.08 Å².